The average Bonchev–Trinajstić information content (AvgIpc) is 2.74. The number of nitrogens with zero attached hydrogens (tertiary/aromatic N) is 2. The molecule has 1 aliphatic rings. The van der Waals surface area contributed by atoms with Gasteiger partial charge in [0, 0.05) is 29.3 Å². The third kappa shape index (κ3) is 2.32. The highest BCUT2D eigenvalue weighted by molar-refractivity contribution is 6.90. The van der Waals surface area contributed by atoms with Crippen molar-refractivity contribution in [1.29, 1.82) is 0 Å². The summed E-state index contributed by atoms with van der Waals surface area (Å²) >= 11 is 0. The van der Waals surface area contributed by atoms with Crippen LogP contribution in [-0.2, 0) is 0 Å². The molecule has 0 spiro atoms. The second-order valence-corrected chi connectivity index (χ2v) is 6.50. The molecule has 0 N–H and O–H groups in total. The topological polar surface area (TPSA) is 16.1 Å². The molecule has 0 amide bonds. The quantitative estimate of drug-likeness (QED) is 0.516. The summed E-state index contributed by atoms with van der Waals surface area (Å²) in [6.07, 6.45) is 3.86. The van der Waals surface area contributed by atoms with Crippen LogP contribution in [0.15, 0.2) is 103 Å². The van der Waals surface area contributed by atoms with Gasteiger partial charge in [0.05, 0.1) is 0 Å². The molecule has 3 heteroatoms. The predicted octanol–water partition coefficient (Wildman–Crippen LogP) is 4.01. The molecule has 0 radical (unpaired) electrons. The lowest BCUT2D eigenvalue weighted by Gasteiger charge is -2.38. The third-order valence-electron chi connectivity index (χ3n) is 5.01. The molecule has 2 heterocycles. The highest BCUT2D eigenvalue weighted by Crippen LogP contribution is 2.38. The Balaban J connectivity index is 1.83. The van der Waals surface area contributed by atoms with Gasteiger partial charge in [-0.05, 0) is 29.2 Å². The zero-order valence-electron chi connectivity index (χ0n) is 14.3. The highest BCUT2D eigenvalue weighted by atomic mass is 15.1. The SMILES string of the molecule is c1ccc(B2c3ccccc3-c3cnccc3N2c2ccccc2)cc1. The van der Waals surface area contributed by atoms with E-state index in [1.165, 1.54) is 33.4 Å². The Morgan fingerprint density at radius 1 is 0.654 bits per heavy atom. The van der Waals surface area contributed by atoms with Gasteiger partial charge in [-0.1, -0.05) is 78.3 Å². The summed E-state index contributed by atoms with van der Waals surface area (Å²) in [6.45, 7) is 0.129. The van der Waals surface area contributed by atoms with Gasteiger partial charge in [0.1, 0.15) is 0 Å². The van der Waals surface area contributed by atoms with Gasteiger partial charge >= 0.3 is 6.85 Å². The normalized spacial score (nSPS) is 12.5. The summed E-state index contributed by atoms with van der Waals surface area (Å²) in [5.74, 6) is 0. The fraction of sp³-hybridized carbons (Fsp3) is 0. The molecule has 1 aromatic heterocycles. The number of aromatic nitrogens is 1. The van der Waals surface area contributed by atoms with Crippen molar-refractivity contribution in [3.05, 3.63) is 103 Å². The molecule has 5 rings (SSSR count). The van der Waals surface area contributed by atoms with Crippen molar-refractivity contribution in [2.45, 2.75) is 0 Å². The first kappa shape index (κ1) is 15.0. The van der Waals surface area contributed by atoms with Gasteiger partial charge in [-0.3, -0.25) is 4.98 Å². The lowest BCUT2D eigenvalue weighted by molar-refractivity contribution is 1.28. The van der Waals surface area contributed by atoms with Crippen molar-refractivity contribution in [2.24, 2.45) is 0 Å². The van der Waals surface area contributed by atoms with E-state index in [2.05, 4.69) is 101 Å². The molecule has 0 saturated heterocycles. The van der Waals surface area contributed by atoms with Crippen LogP contribution >= 0.6 is 0 Å². The maximum Gasteiger partial charge on any atom is 0.328 e. The summed E-state index contributed by atoms with van der Waals surface area (Å²) < 4.78 is 0. The van der Waals surface area contributed by atoms with Gasteiger partial charge in [-0.15, -0.1) is 0 Å². The number of hydrogen-bond donors (Lipinski definition) is 0. The van der Waals surface area contributed by atoms with Crippen molar-refractivity contribution in [1.82, 2.24) is 4.98 Å². The first-order chi connectivity index (χ1) is 12.9. The van der Waals surface area contributed by atoms with Gasteiger partial charge in [-0.25, -0.2) is 0 Å². The van der Waals surface area contributed by atoms with E-state index in [9.17, 15) is 0 Å². The maximum absolute atomic E-state index is 4.40. The Labute approximate surface area is 153 Å². The zero-order chi connectivity index (χ0) is 17.3. The van der Waals surface area contributed by atoms with E-state index in [-0.39, 0.29) is 6.85 Å². The van der Waals surface area contributed by atoms with Crippen molar-refractivity contribution >= 4 is 29.1 Å². The molecule has 122 valence electrons. The lowest BCUT2D eigenvalue weighted by Crippen LogP contribution is -2.57. The van der Waals surface area contributed by atoms with Crippen LogP contribution in [0.25, 0.3) is 11.1 Å². The van der Waals surface area contributed by atoms with E-state index in [4.69, 9.17) is 0 Å². The molecule has 4 aromatic rings. The second kappa shape index (κ2) is 6.19. The first-order valence-corrected chi connectivity index (χ1v) is 8.86. The number of anilines is 2. The predicted molar refractivity (Wildman–Crippen MR) is 110 cm³/mol. The van der Waals surface area contributed by atoms with Gasteiger partial charge in [0.15, 0.2) is 0 Å². The Bertz CT molecular complexity index is 961. The van der Waals surface area contributed by atoms with E-state index in [0.717, 1.165) is 0 Å². The van der Waals surface area contributed by atoms with Crippen LogP contribution in [-0.4, -0.2) is 11.8 Å². The van der Waals surface area contributed by atoms with Crippen LogP contribution < -0.4 is 15.7 Å². The van der Waals surface area contributed by atoms with Crippen LogP contribution in [0.3, 0.4) is 0 Å². The highest BCUT2D eigenvalue weighted by Gasteiger charge is 2.36. The molecule has 3 aromatic carbocycles. The molecule has 0 fully saturated rings. The van der Waals surface area contributed by atoms with Gasteiger partial charge in [0.25, 0.3) is 0 Å². The maximum atomic E-state index is 4.40. The van der Waals surface area contributed by atoms with E-state index >= 15 is 0 Å². The molecule has 0 unspecified atom stereocenters. The van der Waals surface area contributed by atoms with E-state index < -0.39 is 0 Å². The molecule has 26 heavy (non-hydrogen) atoms. The number of benzene rings is 3. The Morgan fingerprint density at radius 3 is 2.15 bits per heavy atom. The molecular weight excluding hydrogens is 315 g/mol. The second-order valence-electron chi connectivity index (χ2n) is 6.50. The monoisotopic (exact) mass is 332 g/mol. The van der Waals surface area contributed by atoms with Crippen LogP contribution in [0.5, 0.6) is 0 Å². The van der Waals surface area contributed by atoms with Gasteiger partial charge in [0.2, 0.25) is 0 Å². The van der Waals surface area contributed by atoms with Crippen LogP contribution in [0.4, 0.5) is 11.4 Å². The Morgan fingerprint density at radius 2 is 1.35 bits per heavy atom. The van der Waals surface area contributed by atoms with Crippen molar-refractivity contribution in [2.75, 3.05) is 4.81 Å². The molecule has 0 aliphatic carbocycles. The van der Waals surface area contributed by atoms with E-state index in [0.29, 0.717) is 0 Å². The van der Waals surface area contributed by atoms with Crippen molar-refractivity contribution < 1.29 is 0 Å². The molecule has 0 bridgehead atoms. The number of hydrogen-bond acceptors (Lipinski definition) is 2. The molecule has 0 atom stereocenters. The van der Waals surface area contributed by atoms with Crippen LogP contribution in [0, 0.1) is 0 Å². The minimum Gasteiger partial charge on any atom is -0.376 e. The molecule has 2 nitrogen and oxygen atoms in total. The minimum atomic E-state index is 0.129. The van der Waals surface area contributed by atoms with Crippen LogP contribution in [0.1, 0.15) is 0 Å². The summed E-state index contributed by atoms with van der Waals surface area (Å²) in [5.41, 5.74) is 7.41. The van der Waals surface area contributed by atoms with Crippen LogP contribution in [0.2, 0.25) is 0 Å². The Kier molecular flexibility index (Phi) is 3.57. The summed E-state index contributed by atoms with van der Waals surface area (Å²) in [5, 5.41) is 0. The van der Waals surface area contributed by atoms with Gasteiger partial charge < -0.3 is 4.81 Å². The number of fused-ring (bicyclic) bond motifs is 3. The number of pyridine rings is 1. The van der Waals surface area contributed by atoms with Gasteiger partial charge in [-0.2, -0.15) is 0 Å². The lowest BCUT2D eigenvalue weighted by atomic mass is 9.46. The standard InChI is InChI=1S/C23H17BN2/c1-3-9-18(10-4-1)24-22-14-8-7-13-20(22)21-17-25-16-15-23(21)26(24)19-11-5-2-6-12-19/h1-17H. The average molecular weight is 332 g/mol. The number of rotatable bonds is 2. The van der Waals surface area contributed by atoms with Crippen molar-refractivity contribution in [3.63, 3.8) is 0 Å². The summed E-state index contributed by atoms with van der Waals surface area (Å²) in [6, 6.07) is 32.1. The number of para-hydroxylation sites is 1. The minimum absolute atomic E-state index is 0.129. The third-order valence-corrected chi connectivity index (χ3v) is 5.01. The van der Waals surface area contributed by atoms with Crippen molar-refractivity contribution in [3.8, 4) is 11.1 Å². The largest absolute Gasteiger partial charge is 0.376 e. The molecular formula is C23H17BN2. The molecule has 1 aliphatic heterocycles. The van der Waals surface area contributed by atoms with E-state index in [1.807, 2.05) is 12.4 Å². The van der Waals surface area contributed by atoms with E-state index in [1.54, 1.807) is 0 Å². The molecule has 0 saturated carbocycles. The zero-order valence-corrected chi connectivity index (χ0v) is 14.3. The fourth-order valence-electron chi connectivity index (χ4n) is 3.90. The Hall–Kier alpha value is -3.33. The first-order valence-electron chi connectivity index (χ1n) is 8.86. The summed E-state index contributed by atoms with van der Waals surface area (Å²) in [7, 11) is 0. The fourth-order valence-corrected chi connectivity index (χ4v) is 3.90. The summed E-state index contributed by atoms with van der Waals surface area (Å²) in [4.78, 5) is 6.82. The smallest absolute Gasteiger partial charge is 0.328 e.